The standard InChI is InChI=1S/C15H19NO4S/c1-12(7-8-14-5-3-9-20-14)16-21(18,19)15-6-2-4-13(10-15)11-17/h2-6,9-10,12,16-17H,7-8,11H2,1H3. The Bertz CT molecular complexity index is 665. The monoisotopic (exact) mass is 309 g/mol. The number of rotatable bonds is 7. The number of furan rings is 1. The molecule has 0 aliphatic heterocycles. The molecule has 1 unspecified atom stereocenters. The van der Waals surface area contributed by atoms with E-state index < -0.39 is 10.0 Å². The predicted octanol–water partition coefficient (Wildman–Crippen LogP) is 2.07. The normalized spacial score (nSPS) is 13.2. The molecule has 1 heterocycles. The third-order valence-electron chi connectivity index (χ3n) is 3.15. The fraction of sp³-hybridized carbons (Fsp3) is 0.333. The summed E-state index contributed by atoms with van der Waals surface area (Å²) in [5, 5.41) is 9.07. The van der Waals surface area contributed by atoms with Gasteiger partial charge in [-0.15, -0.1) is 0 Å². The number of hydrogen-bond donors (Lipinski definition) is 2. The Kier molecular flexibility index (Phi) is 5.17. The summed E-state index contributed by atoms with van der Waals surface area (Å²) < 4.78 is 32.4. The molecule has 0 fully saturated rings. The number of sulfonamides is 1. The molecule has 0 amide bonds. The van der Waals surface area contributed by atoms with Crippen LogP contribution in [-0.4, -0.2) is 19.6 Å². The molecular formula is C15H19NO4S. The van der Waals surface area contributed by atoms with Gasteiger partial charge in [0.15, 0.2) is 0 Å². The second-order valence-electron chi connectivity index (χ2n) is 4.95. The predicted molar refractivity (Wildman–Crippen MR) is 79.2 cm³/mol. The summed E-state index contributed by atoms with van der Waals surface area (Å²) in [4.78, 5) is 0.166. The SMILES string of the molecule is CC(CCc1ccco1)NS(=O)(=O)c1cccc(CO)c1. The van der Waals surface area contributed by atoms with Crippen molar-refractivity contribution in [2.45, 2.75) is 37.3 Å². The largest absolute Gasteiger partial charge is 0.469 e. The van der Waals surface area contributed by atoms with E-state index in [1.54, 1.807) is 18.4 Å². The van der Waals surface area contributed by atoms with Crippen molar-refractivity contribution in [1.82, 2.24) is 4.72 Å². The van der Waals surface area contributed by atoms with E-state index >= 15 is 0 Å². The zero-order valence-electron chi connectivity index (χ0n) is 11.8. The van der Waals surface area contributed by atoms with Gasteiger partial charge in [0.05, 0.1) is 17.8 Å². The van der Waals surface area contributed by atoms with Gasteiger partial charge in [0, 0.05) is 12.5 Å². The van der Waals surface area contributed by atoms with Crippen molar-refractivity contribution in [2.75, 3.05) is 0 Å². The zero-order valence-corrected chi connectivity index (χ0v) is 12.6. The Labute approximate surface area is 124 Å². The van der Waals surface area contributed by atoms with Crippen LogP contribution in [0.25, 0.3) is 0 Å². The van der Waals surface area contributed by atoms with Crippen LogP contribution in [0.4, 0.5) is 0 Å². The number of hydrogen-bond acceptors (Lipinski definition) is 4. The summed E-state index contributed by atoms with van der Waals surface area (Å²) in [6.45, 7) is 1.63. The minimum absolute atomic E-state index is 0.166. The highest BCUT2D eigenvalue weighted by atomic mass is 32.2. The van der Waals surface area contributed by atoms with Gasteiger partial charge in [0.1, 0.15) is 5.76 Å². The van der Waals surface area contributed by atoms with E-state index in [1.165, 1.54) is 12.1 Å². The van der Waals surface area contributed by atoms with Gasteiger partial charge in [0.25, 0.3) is 0 Å². The molecule has 0 aliphatic rings. The molecule has 0 bridgehead atoms. The van der Waals surface area contributed by atoms with Crippen LogP contribution in [-0.2, 0) is 23.1 Å². The van der Waals surface area contributed by atoms with Crippen LogP contribution in [0.1, 0.15) is 24.7 Å². The first kappa shape index (κ1) is 15.8. The van der Waals surface area contributed by atoms with Crippen molar-refractivity contribution >= 4 is 10.0 Å². The quantitative estimate of drug-likeness (QED) is 0.820. The van der Waals surface area contributed by atoms with Crippen LogP contribution in [0, 0.1) is 0 Å². The molecule has 0 saturated carbocycles. The lowest BCUT2D eigenvalue weighted by atomic mass is 10.2. The highest BCUT2D eigenvalue weighted by Gasteiger charge is 2.17. The highest BCUT2D eigenvalue weighted by Crippen LogP contribution is 2.13. The van der Waals surface area contributed by atoms with Gasteiger partial charge in [-0.1, -0.05) is 12.1 Å². The topological polar surface area (TPSA) is 79.5 Å². The molecule has 0 spiro atoms. The first-order valence-corrected chi connectivity index (χ1v) is 8.24. The van der Waals surface area contributed by atoms with E-state index in [0.717, 1.165) is 5.76 Å². The Hall–Kier alpha value is -1.63. The van der Waals surface area contributed by atoms with E-state index in [0.29, 0.717) is 18.4 Å². The van der Waals surface area contributed by atoms with Gasteiger partial charge in [-0.25, -0.2) is 13.1 Å². The summed E-state index contributed by atoms with van der Waals surface area (Å²) in [7, 11) is -3.57. The second-order valence-corrected chi connectivity index (χ2v) is 6.66. The van der Waals surface area contributed by atoms with Crippen LogP contribution in [0.5, 0.6) is 0 Å². The minimum atomic E-state index is -3.57. The van der Waals surface area contributed by atoms with Crippen molar-refractivity contribution in [1.29, 1.82) is 0 Å². The molecule has 0 radical (unpaired) electrons. The maximum atomic E-state index is 12.3. The maximum absolute atomic E-state index is 12.3. The number of benzene rings is 1. The van der Waals surface area contributed by atoms with Crippen LogP contribution >= 0.6 is 0 Å². The summed E-state index contributed by atoms with van der Waals surface area (Å²) in [6, 6.07) is 9.75. The summed E-state index contributed by atoms with van der Waals surface area (Å²) in [6.07, 6.45) is 2.92. The third-order valence-corrected chi connectivity index (χ3v) is 4.74. The van der Waals surface area contributed by atoms with E-state index in [9.17, 15) is 8.42 Å². The molecule has 2 aromatic rings. The highest BCUT2D eigenvalue weighted by molar-refractivity contribution is 7.89. The average molecular weight is 309 g/mol. The molecule has 21 heavy (non-hydrogen) atoms. The summed E-state index contributed by atoms with van der Waals surface area (Å²) in [5.41, 5.74) is 0.570. The lowest BCUT2D eigenvalue weighted by Crippen LogP contribution is -2.33. The molecule has 0 saturated heterocycles. The van der Waals surface area contributed by atoms with Gasteiger partial charge >= 0.3 is 0 Å². The molecule has 5 nitrogen and oxygen atoms in total. The van der Waals surface area contributed by atoms with Gasteiger partial charge < -0.3 is 9.52 Å². The number of nitrogens with one attached hydrogen (secondary N) is 1. The molecule has 2 N–H and O–H groups in total. The van der Waals surface area contributed by atoms with Crippen LogP contribution in [0.2, 0.25) is 0 Å². The van der Waals surface area contributed by atoms with E-state index in [2.05, 4.69) is 4.72 Å². The average Bonchev–Trinajstić information content (AvgIpc) is 2.98. The Morgan fingerprint density at radius 1 is 1.29 bits per heavy atom. The Morgan fingerprint density at radius 2 is 2.10 bits per heavy atom. The van der Waals surface area contributed by atoms with Crippen LogP contribution < -0.4 is 4.72 Å². The molecule has 0 aliphatic carbocycles. The number of aliphatic hydroxyl groups excluding tert-OH is 1. The zero-order chi connectivity index (χ0) is 15.3. The van der Waals surface area contributed by atoms with Crippen molar-refractivity contribution in [3.8, 4) is 0 Å². The Balaban J connectivity index is 1.99. The first-order valence-electron chi connectivity index (χ1n) is 6.76. The van der Waals surface area contributed by atoms with E-state index in [-0.39, 0.29) is 17.5 Å². The minimum Gasteiger partial charge on any atom is -0.469 e. The molecule has 1 atom stereocenters. The third kappa shape index (κ3) is 4.42. The molecule has 2 rings (SSSR count). The fourth-order valence-electron chi connectivity index (χ4n) is 2.02. The molecule has 1 aromatic carbocycles. The smallest absolute Gasteiger partial charge is 0.240 e. The van der Waals surface area contributed by atoms with Gasteiger partial charge in [-0.2, -0.15) is 0 Å². The lowest BCUT2D eigenvalue weighted by molar-refractivity contribution is 0.281. The van der Waals surface area contributed by atoms with Crippen LogP contribution in [0.15, 0.2) is 52.0 Å². The van der Waals surface area contributed by atoms with Crippen molar-refractivity contribution in [3.05, 3.63) is 54.0 Å². The number of aryl methyl sites for hydroxylation is 1. The maximum Gasteiger partial charge on any atom is 0.240 e. The second kappa shape index (κ2) is 6.89. The van der Waals surface area contributed by atoms with Crippen molar-refractivity contribution in [2.24, 2.45) is 0 Å². The van der Waals surface area contributed by atoms with Crippen molar-refractivity contribution in [3.63, 3.8) is 0 Å². The van der Waals surface area contributed by atoms with Crippen LogP contribution in [0.3, 0.4) is 0 Å². The summed E-state index contributed by atoms with van der Waals surface area (Å²) in [5.74, 6) is 0.836. The Morgan fingerprint density at radius 3 is 2.76 bits per heavy atom. The fourth-order valence-corrected chi connectivity index (χ4v) is 3.36. The lowest BCUT2D eigenvalue weighted by Gasteiger charge is -2.14. The van der Waals surface area contributed by atoms with Gasteiger partial charge in [-0.3, -0.25) is 0 Å². The van der Waals surface area contributed by atoms with Gasteiger partial charge in [0.2, 0.25) is 10.0 Å². The van der Waals surface area contributed by atoms with Crippen molar-refractivity contribution < 1.29 is 17.9 Å². The van der Waals surface area contributed by atoms with E-state index in [4.69, 9.17) is 9.52 Å². The molecule has 114 valence electrons. The molecule has 1 aromatic heterocycles. The first-order chi connectivity index (χ1) is 10.0. The molecular weight excluding hydrogens is 290 g/mol. The van der Waals surface area contributed by atoms with E-state index in [1.807, 2.05) is 19.1 Å². The summed E-state index contributed by atoms with van der Waals surface area (Å²) >= 11 is 0. The van der Waals surface area contributed by atoms with Gasteiger partial charge in [-0.05, 0) is 43.2 Å². The number of aliphatic hydroxyl groups is 1. The molecule has 6 heteroatoms.